The van der Waals surface area contributed by atoms with E-state index < -0.39 is 16.6 Å². The van der Waals surface area contributed by atoms with E-state index in [1.807, 2.05) is 16.0 Å². The first kappa shape index (κ1) is 17.4. The second-order valence-corrected chi connectivity index (χ2v) is 14.9. The van der Waals surface area contributed by atoms with Crippen LogP contribution in [-0.2, 0) is 4.12 Å². The van der Waals surface area contributed by atoms with E-state index in [9.17, 15) is 0 Å². The third-order valence-corrected chi connectivity index (χ3v) is 10.5. The van der Waals surface area contributed by atoms with Gasteiger partial charge in [0.05, 0.1) is 0 Å². The second-order valence-electron chi connectivity index (χ2n) is 6.04. The van der Waals surface area contributed by atoms with Crippen molar-refractivity contribution < 1.29 is 4.12 Å². The Labute approximate surface area is 112 Å². The molecular weight excluding hydrogens is 242 g/mol. The molecule has 0 aliphatic carbocycles. The summed E-state index contributed by atoms with van der Waals surface area (Å²) >= 11 is 0. The van der Waals surface area contributed by atoms with Gasteiger partial charge in [-0.25, -0.2) is 0 Å². The molecule has 17 heavy (non-hydrogen) atoms. The van der Waals surface area contributed by atoms with Crippen molar-refractivity contribution in [3.63, 3.8) is 0 Å². The van der Waals surface area contributed by atoms with Crippen LogP contribution in [0.1, 0.15) is 12.8 Å². The molecule has 0 radical (unpaired) electrons. The van der Waals surface area contributed by atoms with Crippen LogP contribution < -0.4 is 10.5 Å². The normalized spacial score (nSPS) is 12.9. The van der Waals surface area contributed by atoms with Gasteiger partial charge in [0, 0.05) is 0 Å². The van der Waals surface area contributed by atoms with E-state index in [1.165, 1.54) is 24.9 Å². The quantitative estimate of drug-likeness (QED) is 0.448. The molecule has 0 heterocycles. The summed E-state index contributed by atoms with van der Waals surface area (Å²) in [7, 11) is 1.17. The molecule has 0 atom stereocenters. The number of nitrogens with one attached hydrogen (secondary N) is 2. The maximum atomic E-state index is 6.54. The number of hydrogen-bond acceptors (Lipinski definition) is 3. The van der Waals surface area contributed by atoms with Crippen molar-refractivity contribution in [1.82, 2.24) is 10.5 Å². The fourth-order valence-corrected chi connectivity index (χ4v) is 11.1. The minimum absolute atomic E-state index is 1.11. The largest absolute Gasteiger partial charge is 0.455 e. The standard InChI is InChI=1S/C10H30B2N2OSi2/c1-16(2,9-5-7-13-11)15-17(3,4)10-6-8-14-12/h13-14H,5-12H2,1-4H3. The van der Waals surface area contributed by atoms with Gasteiger partial charge in [0.2, 0.25) is 0 Å². The average Bonchev–Trinajstić information content (AvgIpc) is 2.16. The van der Waals surface area contributed by atoms with Crippen LogP contribution in [0.5, 0.6) is 0 Å². The molecule has 0 unspecified atom stereocenters. The monoisotopic (exact) mass is 272 g/mol. The van der Waals surface area contributed by atoms with Gasteiger partial charge in [-0.15, -0.1) is 0 Å². The summed E-state index contributed by atoms with van der Waals surface area (Å²) in [5.41, 5.74) is 0. The zero-order valence-corrected chi connectivity index (χ0v) is 14.7. The van der Waals surface area contributed by atoms with Gasteiger partial charge >= 0.3 is 0 Å². The lowest BCUT2D eigenvalue weighted by Gasteiger charge is -2.34. The third-order valence-electron chi connectivity index (χ3n) is 2.96. The van der Waals surface area contributed by atoms with Gasteiger partial charge in [0.1, 0.15) is 0 Å². The van der Waals surface area contributed by atoms with Crippen molar-refractivity contribution in [2.24, 2.45) is 0 Å². The number of hydrogen-bond donors (Lipinski definition) is 2. The second kappa shape index (κ2) is 8.53. The third kappa shape index (κ3) is 10.1. The fraction of sp³-hybridized carbons (Fsp3) is 1.00. The summed E-state index contributed by atoms with van der Waals surface area (Å²) < 4.78 is 6.54. The van der Waals surface area contributed by atoms with Gasteiger partial charge in [0.25, 0.3) is 0 Å². The van der Waals surface area contributed by atoms with Crippen LogP contribution in [0.3, 0.4) is 0 Å². The molecule has 0 aliphatic heterocycles. The first-order valence-corrected chi connectivity index (χ1v) is 13.1. The van der Waals surface area contributed by atoms with Crippen molar-refractivity contribution >= 4 is 32.6 Å². The average molecular weight is 272 g/mol. The highest BCUT2D eigenvalue weighted by molar-refractivity contribution is 6.84. The lowest BCUT2D eigenvalue weighted by molar-refractivity contribution is 0.530. The Bertz CT molecular complexity index is 187. The SMILES string of the molecule is BNCCC[Si](C)(C)O[Si](C)(C)CCCNB. The number of rotatable bonds is 10. The topological polar surface area (TPSA) is 33.3 Å². The molecule has 0 aromatic heterocycles. The maximum absolute atomic E-state index is 6.54. The lowest BCUT2D eigenvalue weighted by atomic mass is 10.4. The zero-order valence-electron chi connectivity index (χ0n) is 12.7. The van der Waals surface area contributed by atoms with E-state index in [2.05, 4.69) is 36.6 Å². The molecule has 0 saturated carbocycles. The Kier molecular flexibility index (Phi) is 8.75. The molecule has 0 saturated heterocycles. The van der Waals surface area contributed by atoms with E-state index in [0.717, 1.165) is 13.1 Å². The first-order valence-electron chi connectivity index (χ1n) is 6.82. The summed E-state index contributed by atoms with van der Waals surface area (Å²) in [6.07, 6.45) is 2.49. The Morgan fingerprint density at radius 1 is 0.824 bits per heavy atom. The molecule has 0 aromatic carbocycles. The Morgan fingerprint density at radius 3 is 1.47 bits per heavy atom. The molecule has 3 nitrogen and oxygen atoms in total. The van der Waals surface area contributed by atoms with Crippen LogP contribution in [-0.4, -0.2) is 45.7 Å². The maximum Gasteiger partial charge on any atom is 0.181 e. The molecule has 0 aliphatic rings. The van der Waals surface area contributed by atoms with Gasteiger partial charge < -0.3 is 14.6 Å². The summed E-state index contributed by atoms with van der Waals surface area (Å²) in [5, 5.41) is 6.43. The molecule has 0 fully saturated rings. The molecule has 0 amide bonds. The highest BCUT2D eigenvalue weighted by Gasteiger charge is 2.31. The molecule has 7 heteroatoms. The van der Waals surface area contributed by atoms with E-state index >= 15 is 0 Å². The van der Waals surface area contributed by atoms with Gasteiger partial charge in [0.15, 0.2) is 32.6 Å². The molecular formula is C10H30B2N2OSi2. The van der Waals surface area contributed by atoms with E-state index in [-0.39, 0.29) is 0 Å². The van der Waals surface area contributed by atoms with E-state index in [4.69, 9.17) is 4.12 Å². The van der Waals surface area contributed by atoms with Crippen LogP contribution in [0, 0.1) is 0 Å². The van der Waals surface area contributed by atoms with Crippen molar-refractivity contribution in [3.05, 3.63) is 0 Å². The summed E-state index contributed by atoms with van der Waals surface area (Å²) in [6.45, 7) is 11.7. The van der Waals surface area contributed by atoms with Crippen molar-refractivity contribution in [2.75, 3.05) is 13.1 Å². The van der Waals surface area contributed by atoms with Crippen LogP contribution in [0.4, 0.5) is 0 Å². The highest BCUT2D eigenvalue weighted by atomic mass is 28.4. The molecule has 2 N–H and O–H groups in total. The van der Waals surface area contributed by atoms with Gasteiger partial charge in [-0.05, 0) is 64.2 Å². The molecule has 0 spiro atoms. The van der Waals surface area contributed by atoms with Crippen molar-refractivity contribution in [1.29, 1.82) is 0 Å². The van der Waals surface area contributed by atoms with Gasteiger partial charge in [-0.1, -0.05) is 0 Å². The minimum Gasteiger partial charge on any atom is -0.455 e. The molecule has 0 rings (SSSR count). The Hall–Kier alpha value is 0.444. The van der Waals surface area contributed by atoms with Crippen LogP contribution >= 0.6 is 0 Å². The minimum atomic E-state index is -1.43. The van der Waals surface area contributed by atoms with Crippen LogP contribution in [0.15, 0.2) is 0 Å². The van der Waals surface area contributed by atoms with Crippen molar-refractivity contribution in [3.8, 4) is 0 Å². The molecule has 0 aromatic rings. The molecule has 0 bridgehead atoms. The smallest absolute Gasteiger partial charge is 0.181 e. The van der Waals surface area contributed by atoms with E-state index in [0.29, 0.717) is 0 Å². The van der Waals surface area contributed by atoms with Crippen LogP contribution in [0.2, 0.25) is 38.3 Å². The summed E-state index contributed by atoms with van der Waals surface area (Å²) in [6, 6.07) is 2.55. The van der Waals surface area contributed by atoms with E-state index in [1.54, 1.807) is 0 Å². The van der Waals surface area contributed by atoms with Crippen LogP contribution in [0.25, 0.3) is 0 Å². The first-order chi connectivity index (χ1) is 7.83. The van der Waals surface area contributed by atoms with Gasteiger partial charge in [-0.2, -0.15) is 0 Å². The lowest BCUT2D eigenvalue weighted by Crippen LogP contribution is -2.44. The predicted octanol–water partition coefficient (Wildman–Crippen LogP) is 0.469. The molecule has 100 valence electrons. The Morgan fingerprint density at radius 2 is 1.18 bits per heavy atom. The fourth-order valence-electron chi connectivity index (χ4n) is 2.23. The summed E-state index contributed by atoms with van der Waals surface area (Å²) in [4.78, 5) is 0. The Balaban J connectivity index is 3.99. The highest BCUT2D eigenvalue weighted by Crippen LogP contribution is 2.23. The summed E-state index contributed by atoms with van der Waals surface area (Å²) in [5.74, 6) is 0. The van der Waals surface area contributed by atoms with Crippen molar-refractivity contribution in [2.45, 2.75) is 51.1 Å². The van der Waals surface area contributed by atoms with Gasteiger partial charge in [-0.3, -0.25) is 0 Å². The predicted molar refractivity (Wildman–Crippen MR) is 88.0 cm³/mol. The zero-order chi connectivity index (χ0) is 13.4.